The van der Waals surface area contributed by atoms with E-state index in [1.165, 1.54) is 33.4 Å². The fraction of sp³-hybridized carbons (Fsp3) is 0.494. The molecule has 2 heterocycles. The van der Waals surface area contributed by atoms with Gasteiger partial charge in [0.1, 0.15) is 53.5 Å². The second-order valence-electron chi connectivity index (χ2n) is 31.9. The van der Waals surface area contributed by atoms with Gasteiger partial charge in [0.05, 0.1) is 33.5 Å². The van der Waals surface area contributed by atoms with Gasteiger partial charge >= 0.3 is 0 Å². The van der Waals surface area contributed by atoms with Crippen molar-refractivity contribution < 1.29 is 33.2 Å². The summed E-state index contributed by atoms with van der Waals surface area (Å²) in [6.07, 6.45) is 3.38. The Morgan fingerprint density at radius 3 is 0.648 bits per heavy atom. The topological polar surface area (TPSA) is 64.6 Å². The van der Waals surface area contributed by atoms with Gasteiger partial charge in [-0.3, -0.25) is 0 Å². The van der Waals surface area contributed by atoms with Crippen LogP contribution in [0, 0.1) is 0 Å². The first kappa shape index (κ1) is 69.0. The van der Waals surface area contributed by atoms with Gasteiger partial charge in [0.2, 0.25) is 0 Å². The van der Waals surface area contributed by atoms with E-state index in [1.807, 2.05) is 0 Å². The molecule has 8 heteroatoms. The average Bonchev–Trinajstić information content (AvgIpc) is 0.874. The van der Waals surface area contributed by atoms with Crippen LogP contribution in [-0.2, 0) is 84.2 Å². The number of halogens is 1. The van der Waals surface area contributed by atoms with Crippen molar-refractivity contribution >= 4 is 15.9 Å². The van der Waals surface area contributed by atoms with E-state index in [-0.39, 0.29) is 45.7 Å². The monoisotopic (exact) mass is 1290 g/mol. The quantitative estimate of drug-likeness (QED) is 0.143. The van der Waals surface area contributed by atoms with Crippen molar-refractivity contribution in [3.8, 4) is 40.2 Å². The molecule has 488 valence electrons. The highest BCUT2D eigenvalue weighted by Gasteiger charge is 2.32. The van der Waals surface area contributed by atoms with E-state index in [0.717, 1.165) is 123 Å². The summed E-state index contributed by atoms with van der Waals surface area (Å²) in [5.74, 6) is 6.01. The van der Waals surface area contributed by atoms with E-state index in [9.17, 15) is 0 Å². The third-order valence-corrected chi connectivity index (χ3v) is 18.7. The molecule has 0 fully saturated rings. The van der Waals surface area contributed by atoms with Crippen LogP contribution in [0.5, 0.6) is 40.2 Å². The second kappa shape index (κ2) is 26.6. The number of hydrogen-bond acceptors (Lipinski definition) is 7. The molecule has 0 saturated heterocycles. The molecule has 7 nitrogen and oxygen atoms in total. The molecule has 0 aromatic heterocycles. The van der Waals surface area contributed by atoms with E-state index in [2.05, 4.69) is 253 Å². The van der Waals surface area contributed by atoms with Crippen LogP contribution in [0.1, 0.15) is 264 Å². The van der Waals surface area contributed by atoms with Gasteiger partial charge in [-0.2, -0.15) is 0 Å². The Morgan fingerprint density at radius 1 is 0.286 bits per heavy atom. The van der Waals surface area contributed by atoms with Crippen LogP contribution in [0.3, 0.4) is 0 Å². The van der Waals surface area contributed by atoms with E-state index >= 15 is 0 Å². The van der Waals surface area contributed by atoms with Crippen molar-refractivity contribution in [2.75, 3.05) is 33.5 Å². The minimum Gasteiger partial charge on any atom is -0.496 e. The zero-order chi connectivity index (χ0) is 66.5. The number of hydrogen-bond donors (Lipinski definition) is 0. The third-order valence-electron chi connectivity index (χ3n) is 18.2. The molecule has 12 bridgehead atoms. The lowest BCUT2D eigenvalue weighted by Gasteiger charge is -2.29. The standard InChI is InChI=1S/C83H107BrO7/c1-24-86-72-50-28-51-35-65(79(8,9)10)39-55(73(51)87-25-2)31-60-44-69(83(20,21)22)45-61-33-57-41-67(81(14,15)16)37-53(75(57)89-27-4)29-52-36-66(80(11,12)13)40-56(74(52)88-26-3)32-59-43-68(82(17,18)19)42-58(30-54(72)38-64(34-50)78(5,6)7)76(59)90-48-62-46-70(84)47-63(71(62)85-23)49-91-77(60)61/h34-47H,24-33,48-49H2,1-23H3. The van der Waals surface area contributed by atoms with Crippen LogP contribution in [0.25, 0.3) is 0 Å². The SMILES string of the molecule is CCOc1c2cc(C(C)(C)C)cc1Cc1cc(C(C)(C)C)cc3c1OCc1cc(Br)cc(c1OC)COc1c(cc(C(C)(C)C)cc1Cc1cc(C(C)(C)C)cc(c1OCC)Cc1cc(C(C)(C)C)cc(c1OCC)C3)Cc1cc(C(C)(C)C)cc(c1OCC)C2. The summed E-state index contributed by atoms with van der Waals surface area (Å²) >= 11 is 4.01. The average molecular weight is 1300 g/mol. The largest absolute Gasteiger partial charge is 0.496 e. The lowest BCUT2D eigenvalue weighted by Crippen LogP contribution is -2.18. The molecule has 0 radical (unpaired) electrons. The zero-order valence-corrected chi connectivity index (χ0v) is 61.4. The molecule has 0 amide bonds. The summed E-state index contributed by atoms with van der Waals surface area (Å²) < 4.78 is 51.2. The molecule has 2 aliphatic rings. The van der Waals surface area contributed by atoms with Crippen molar-refractivity contribution in [1.29, 1.82) is 0 Å². The van der Waals surface area contributed by atoms with Gasteiger partial charge in [-0.1, -0.05) is 213 Å². The fourth-order valence-corrected chi connectivity index (χ4v) is 13.7. The van der Waals surface area contributed by atoms with Gasteiger partial charge in [-0.15, -0.1) is 0 Å². The highest BCUT2D eigenvalue weighted by molar-refractivity contribution is 9.10. The van der Waals surface area contributed by atoms with Crippen molar-refractivity contribution in [2.24, 2.45) is 0 Å². The number of ether oxygens (including phenoxy) is 7. The molecular formula is C83H107BrO7. The molecule has 91 heavy (non-hydrogen) atoms. The molecule has 9 rings (SSSR count). The minimum absolute atomic E-state index is 0.200. The first-order valence-corrected chi connectivity index (χ1v) is 34.4. The lowest BCUT2D eigenvalue weighted by atomic mass is 9.79. The van der Waals surface area contributed by atoms with E-state index in [1.54, 1.807) is 7.11 Å². The summed E-state index contributed by atoms with van der Waals surface area (Å²) in [5, 5.41) is 0. The van der Waals surface area contributed by atoms with Gasteiger partial charge < -0.3 is 33.2 Å². The summed E-state index contributed by atoms with van der Waals surface area (Å²) in [6, 6.07) is 33.2. The van der Waals surface area contributed by atoms with Gasteiger partial charge in [0.25, 0.3) is 0 Å². The van der Waals surface area contributed by atoms with Crippen molar-refractivity contribution in [3.05, 3.63) is 201 Å². The Morgan fingerprint density at radius 2 is 0.473 bits per heavy atom. The summed E-state index contributed by atoms with van der Waals surface area (Å²) in [6.45, 7) is 52.7. The van der Waals surface area contributed by atoms with Crippen LogP contribution in [0.15, 0.2) is 89.4 Å². The second-order valence-corrected chi connectivity index (χ2v) is 32.8. The molecule has 0 atom stereocenters. The summed E-state index contributed by atoms with van der Waals surface area (Å²) in [4.78, 5) is 0. The summed E-state index contributed by atoms with van der Waals surface area (Å²) in [5.41, 5.74) is 21.2. The Labute approximate surface area is 556 Å². The Bertz CT molecular complexity index is 3380. The molecule has 0 spiro atoms. The molecule has 0 aliphatic carbocycles. The van der Waals surface area contributed by atoms with Gasteiger partial charge in [-0.25, -0.2) is 0 Å². The zero-order valence-electron chi connectivity index (χ0n) is 59.8. The first-order valence-electron chi connectivity index (χ1n) is 33.6. The Hall–Kier alpha value is -6.38. The van der Waals surface area contributed by atoms with E-state index in [0.29, 0.717) is 65.0 Å². The maximum Gasteiger partial charge on any atom is 0.132 e. The minimum atomic E-state index is -0.230. The van der Waals surface area contributed by atoms with Gasteiger partial charge in [-0.05, 0) is 172 Å². The van der Waals surface area contributed by atoms with Crippen molar-refractivity contribution in [3.63, 3.8) is 0 Å². The highest BCUT2D eigenvalue weighted by atomic mass is 79.9. The molecular weight excluding hydrogens is 1190 g/mol. The number of benzene rings is 7. The van der Waals surface area contributed by atoms with Crippen LogP contribution in [0.2, 0.25) is 0 Å². The predicted molar refractivity (Wildman–Crippen MR) is 382 cm³/mol. The fourth-order valence-electron chi connectivity index (χ4n) is 13.1. The molecule has 2 aliphatic heterocycles. The first-order chi connectivity index (χ1) is 42.5. The number of methoxy groups -OCH3 is 1. The number of rotatable bonds is 9. The molecule has 0 unspecified atom stereocenters. The van der Waals surface area contributed by atoms with Crippen molar-refractivity contribution in [1.82, 2.24) is 0 Å². The Balaban J connectivity index is 1.54. The Kier molecular flexibility index (Phi) is 20.1. The smallest absolute Gasteiger partial charge is 0.132 e. The van der Waals surface area contributed by atoms with Crippen LogP contribution >= 0.6 is 15.9 Å². The van der Waals surface area contributed by atoms with Gasteiger partial charge in [0, 0.05) is 54.1 Å². The maximum atomic E-state index is 7.65. The molecule has 0 saturated carbocycles. The number of fused-ring (bicyclic) bond motifs is 10. The van der Waals surface area contributed by atoms with E-state index in [4.69, 9.17) is 33.2 Å². The van der Waals surface area contributed by atoms with Gasteiger partial charge in [0.15, 0.2) is 0 Å². The highest BCUT2D eigenvalue weighted by Crippen LogP contribution is 2.47. The van der Waals surface area contributed by atoms with Crippen molar-refractivity contribution in [2.45, 2.75) is 237 Å². The summed E-state index contributed by atoms with van der Waals surface area (Å²) in [7, 11) is 1.77. The molecule has 7 aromatic carbocycles. The van der Waals surface area contributed by atoms with Crippen LogP contribution in [0.4, 0.5) is 0 Å². The molecule has 7 aromatic rings. The third kappa shape index (κ3) is 15.5. The van der Waals surface area contributed by atoms with Crippen LogP contribution in [-0.4, -0.2) is 33.5 Å². The lowest BCUT2D eigenvalue weighted by molar-refractivity contribution is 0.278. The van der Waals surface area contributed by atoms with Crippen LogP contribution < -0.4 is 33.2 Å². The molecule has 0 N–H and O–H groups in total. The maximum absolute atomic E-state index is 7.65. The normalized spacial score (nSPS) is 14.2. The predicted octanol–water partition coefficient (Wildman–Crippen LogP) is 21.2. The van der Waals surface area contributed by atoms with E-state index < -0.39 is 0 Å².